The molecule has 1 N–H and O–H groups in total. The molecule has 1 aliphatic heterocycles. The number of anilines is 1. The molecule has 0 aliphatic carbocycles. The summed E-state index contributed by atoms with van der Waals surface area (Å²) in [5, 5.41) is 2.83. The van der Waals surface area contributed by atoms with Gasteiger partial charge in [-0.3, -0.25) is 9.59 Å². The van der Waals surface area contributed by atoms with Gasteiger partial charge in [-0.15, -0.1) is 11.3 Å². The number of ether oxygens (including phenoxy) is 1. The Morgan fingerprint density at radius 1 is 1.31 bits per heavy atom. The maximum Gasteiger partial charge on any atom is 0.262 e. The van der Waals surface area contributed by atoms with Gasteiger partial charge in [-0.05, 0) is 43.7 Å². The second kappa shape index (κ2) is 8.19. The fourth-order valence-electron chi connectivity index (χ4n) is 2.73. The molecular formula is C20H22N2O3S. The number of hydrogen-bond acceptors (Lipinski definition) is 4. The molecule has 0 spiro atoms. The van der Waals surface area contributed by atoms with Crippen LogP contribution in [0.3, 0.4) is 0 Å². The van der Waals surface area contributed by atoms with Gasteiger partial charge in [0.1, 0.15) is 5.75 Å². The van der Waals surface area contributed by atoms with Gasteiger partial charge in [-0.25, -0.2) is 0 Å². The molecule has 2 heterocycles. The van der Waals surface area contributed by atoms with Crippen LogP contribution in [0.1, 0.15) is 23.1 Å². The Hall–Kier alpha value is -2.60. The standard InChI is InChI=1S/C20H22N2O3S/c1-3-12-21-20(24)18-13-22(16-6-4-5-7-17(16)25-18)19(23)11-10-15-9-8-14(2)26-15/h4-11,18H,3,12-13H2,1-2H3,(H,21,24)/b11-10+/t18-/m0/s1. The van der Waals surface area contributed by atoms with Crippen molar-refractivity contribution >= 4 is 34.9 Å². The van der Waals surface area contributed by atoms with E-state index in [1.54, 1.807) is 28.4 Å². The Morgan fingerprint density at radius 2 is 2.12 bits per heavy atom. The van der Waals surface area contributed by atoms with E-state index in [0.29, 0.717) is 18.0 Å². The van der Waals surface area contributed by atoms with Crippen molar-refractivity contribution in [3.63, 3.8) is 0 Å². The number of amides is 2. The molecule has 0 fully saturated rings. The van der Waals surface area contributed by atoms with Crippen molar-refractivity contribution in [2.24, 2.45) is 0 Å². The van der Waals surface area contributed by atoms with Crippen LogP contribution in [-0.2, 0) is 9.59 Å². The zero-order valence-corrected chi connectivity index (χ0v) is 15.7. The SMILES string of the molecule is CCCNC(=O)[C@@H]1CN(C(=O)/C=C/c2ccc(C)s2)c2ccccc2O1. The van der Waals surface area contributed by atoms with Gasteiger partial charge < -0.3 is 15.0 Å². The molecule has 26 heavy (non-hydrogen) atoms. The molecule has 0 saturated heterocycles. The summed E-state index contributed by atoms with van der Waals surface area (Å²) in [7, 11) is 0. The van der Waals surface area contributed by atoms with E-state index in [4.69, 9.17) is 4.74 Å². The minimum Gasteiger partial charge on any atom is -0.477 e. The van der Waals surface area contributed by atoms with Crippen molar-refractivity contribution in [2.75, 3.05) is 18.0 Å². The van der Waals surface area contributed by atoms with Crippen LogP contribution < -0.4 is 15.0 Å². The van der Waals surface area contributed by atoms with Crippen molar-refractivity contribution < 1.29 is 14.3 Å². The van der Waals surface area contributed by atoms with E-state index < -0.39 is 6.10 Å². The van der Waals surface area contributed by atoms with Gasteiger partial charge in [-0.2, -0.15) is 0 Å². The first kappa shape index (κ1) is 18.2. The van der Waals surface area contributed by atoms with E-state index in [1.165, 1.54) is 4.88 Å². The van der Waals surface area contributed by atoms with Gasteiger partial charge >= 0.3 is 0 Å². The van der Waals surface area contributed by atoms with E-state index in [-0.39, 0.29) is 18.4 Å². The summed E-state index contributed by atoms with van der Waals surface area (Å²) in [4.78, 5) is 28.9. The number of benzene rings is 1. The minimum absolute atomic E-state index is 0.167. The average Bonchev–Trinajstić information content (AvgIpc) is 3.08. The molecule has 5 nitrogen and oxygen atoms in total. The third-order valence-corrected chi connectivity index (χ3v) is 5.00. The van der Waals surface area contributed by atoms with E-state index in [2.05, 4.69) is 5.32 Å². The van der Waals surface area contributed by atoms with Crippen LogP contribution in [0, 0.1) is 6.92 Å². The highest BCUT2D eigenvalue weighted by atomic mass is 32.1. The van der Waals surface area contributed by atoms with Crippen LogP contribution in [0.5, 0.6) is 5.75 Å². The lowest BCUT2D eigenvalue weighted by atomic mass is 10.1. The van der Waals surface area contributed by atoms with Gasteiger partial charge in [0.15, 0.2) is 6.10 Å². The van der Waals surface area contributed by atoms with E-state index >= 15 is 0 Å². The molecule has 0 unspecified atom stereocenters. The number of hydrogen-bond donors (Lipinski definition) is 1. The summed E-state index contributed by atoms with van der Waals surface area (Å²) in [5.74, 6) is 0.182. The van der Waals surface area contributed by atoms with Gasteiger partial charge in [0, 0.05) is 22.4 Å². The van der Waals surface area contributed by atoms with Gasteiger partial charge in [0.25, 0.3) is 11.8 Å². The monoisotopic (exact) mass is 370 g/mol. The summed E-state index contributed by atoms with van der Waals surface area (Å²) in [6.45, 7) is 4.80. The molecule has 1 aromatic carbocycles. The summed E-state index contributed by atoms with van der Waals surface area (Å²) < 4.78 is 5.81. The Balaban J connectivity index is 1.80. The third-order valence-electron chi connectivity index (χ3n) is 4.03. The fraction of sp³-hybridized carbons (Fsp3) is 0.300. The van der Waals surface area contributed by atoms with Crippen molar-refractivity contribution in [1.29, 1.82) is 0 Å². The molecule has 0 radical (unpaired) electrons. The molecule has 1 atom stereocenters. The number of carbonyl (C=O) groups is 2. The average molecular weight is 370 g/mol. The van der Waals surface area contributed by atoms with Crippen molar-refractivity contribution in [1.82, 2.24) is 5.32 Å². The number of fused-ring (bicyclic) bond motifs is 1. The molecule has 1 aliphatic rings. The highest BCUT2D eigenvalue weighted by Crippen LogP contribution is 2.33. The largest absolute Gasteiger partial charge is 0.477 e. The first-order valence-electron chi connectivity index (χ1n) is 8.68. The van der Waals surface area contributed by atoms with Crippen molar-refractivity contribution in [2.45, 2.75) is 26.4 Å². The molecule has 1 aromatic heterocycles. The van der Waals surface area contributed by atoms with Crippen LogP contribution in [0.2, 0.25) is 0 Å². The number of nitrogens with zero attached hydrogens (tertiary/aromatic N) is 1. The van der Waals surface area contributed by atoms with Gasteiger partial charge in [-0.1, -0.05) is 19.1 Å². The molecule has 136 valence electrons. The van der Waals surface area contributed by atoms with Crippen molar-refractivity contribution in [3.05, 3.63) is 52.2 Å². The van der Waals surface area contributed by atoms with Crippen molar-refractivity contribution in [3.8, 4) is 5.75 Å². The maximum atomic E-state index is 12.8. The predicted octanol–water partition coefficient (Wildman–Crippen LogP) is 3.39. The summed E-state index contributed by atoms with van der Waals surface area (Å²) in [6.07, 6.45) is 3.50. The van der Waals surface area contributed by atoms with Crippen LogP contribution in [0.15, 0.2) is 42.5 Å². The number of carbonyl (C=O) groups excluding carboxylic acids is 2. The van der Waals surface area contributed by atoms with E-state index in [0.717, 1.165) is 11.3 Å². The number of para-hydroxylation sites is 2. The van der Waals surface area contributed by atoms with Crippen LogP contribution in [0.25, 0.3) is 6.08 Å². The van der Waals surface area contributed by atoms with Crippen LogP contribution in [-0.4, -0.2) is 31.0 Å². The van der Waals surface area contributed by atoms with Crippen LogP contribution in [0.4, 0.5) is 5.69 Å². The molecule has 2 amide bonds. The number of aryl methyl sites for hydroxylation is 1. The topological polar surface area (TPSA) is 58.6 Å². The first-order chi connectivity index (χ1) is 12.6. The molecular weight excluding hydrogens is 348 g/mol. The lowest BCUT2D eigenvalue weighted by molar-refractivity contribution is -0.128. The Labute approximate surface area is 157 Å². The lowest BCUT2D eigenvalue weighted by Gasteiger charge is -2.33. The molecule has 3 rings (SSSR count). The minimum atomic E-state index is -0.710. The summed E-state index contributed by atoms with van der Waals surface area (Å²) in [6, 6.07) is 11.3. The number of thiophene rings is 1. The van der Waals surface area contributed by atoms with E-state index in [1.807, 2.05) is 50.3 Å². The highest BCUT2D eigenvalue weighted by Gasteiger charge is 2.32. The lowest BCUT2D eigenvalue weighted by Crippen LogP contribution is -2.50. The summed E-state index contributed by atoms with van der Waals surface area (Å²) >= 11 is 1.63. The molecule has 6 heteroatoms. The predicted molar refractivity (Wildman–Crippen MR) is 105 cm³/mol. The third kappa shape index (κ3) is 4.14. The van der Waals surface area contributed by atoms with Gasteiger partial charge in [0.2, 0.25) is 0 Å². The zero-order valence-electron chi connectivity index (χ0n) is 14.9. The molecule has 0 saturated carbocycles. The fourth-order valence-corrected chi connectivity index (χ4v) is 3.51. The Morgan fingerprint density at radius 3 is 2.85 bits per heavy atom. The second-order valence-electron chi connectivity index (χ2n) is 6.10. The zero-order chi connectivity index (χ0) is 18.5. The normalized spacial score (nSPS) is 16.2. The molecule has 0 bridgehead atoms. The number of nitrogens with one attached hydrogen (secondary N) is 1. The smallest absolute Gasteiger partial charge is 0.262 e. The second-order valence-corrected chi connectivity index (χ2v) is 7.42. The van der Waals surface area contributed by atoms with Crippen LogP contribution >= 0.6 is 11.3 Å². The quantitative estimate of drug-likeness (QED) is 0.821. The Bertz CT molecular complexity index is 828. The maximum absolute atomic E-state index is 12.8. The van der Waals surface area contributed by atoms with Gasteiger partial charge in [0.05, 0.1) is 12.2 Å². The molecule has 2 aromatic rings. The van der Waals surface area contributed by atoms with E-state index in [9.17, 15) is 9.59 Å². The Kier molecular flexibility index (Phi) is 5.73. The summed E-state index contributed by atoms with van der Waals surface area (Å²) in [5.41, 5.74) is 0.684. The number of rotatable bonds is 5. The first-order valence-corrected chi connectivity index (χ1v) is 9.49. The highest BCUT2D eigenvalue weighted by molar-refractivity contribution is 7.12.